The monoisotopic (exact) mass is 343 g/mol. The molecule has 1 aliphatic rings. The molecule has 6 nitrogen and oxygen atoms in total. The zero-order valence-electron chi connectivity index (χ0n) is 14.8. The van der Waals surface area contributed by atoms with Gasteiger partial charge in [0.05, 0.1) is 19.9 Å². The van der Waals surface area contributed by atoms with Crippen molar-refractivity contribution in [2.75, 3.05) is 40.4 Å². The molecule has 1 aromatic carbocycles. The lowest BCUT2D eigenvalue weighted by atomic mass is 10.1. The van der Waals surface area contributed by atoms with Crippen molar-refractivity contribution in [3.63, 3.8) is 0 Å². The third-order valence-corrected chi connectivity index (χ3v) is 4.52. The lowest BCUT2D eigenvalue weighted by Gasteiger charge is -2.34. The molecule has 0 spiro atoms. The number of pyridine rings is 1. The number of nitrogens with zero attached hydrogens (tertiary/aromatic N) is 3. The predicted molar refractivity (Wildman–Crippen MR) is 96.0 cm³/mol. The van der Waals surface area contributed by atoms with Gasteiger partial charge in [-0.15, -0.1) is 0 Å². The molecule has 0 unspecified atom stereocenters. The molecule has 0 bridgehead atoms. The summed E-state index contributed by atoms with van der Waals surface area (Å²) in [4.78, 5) is 9.23. The maximum atomic E-state index is 10.0. The first-order chi connectivity index (χ1) is 12.2. The second kappa shape index (κ2) is 8.18. The Morgan fingerprint density at radius 1 is 0.960 bits per heavy atom. The van der Waals surface area contributed by atoms with E-state index in [4.69, 9.17) is 9.47 Å². The van der Waals surface area contributed by atoms with Gasteiger partial charge in [0, 0.05) is 45.5 Å². The van der Waals surface area contributed by atoms with E-state index >= 15 is 0 Å². The Bertz CT molecular complexity index is 661. The van der Waals surface area contributed by atoms with Gasteiger partial charge in [0.25, 0.3) is 0 Å². The predicted octanol–water partition coefficient (Wildman–Crippen LogP) is 2.12. The number of hydrogen-bond acceptors (Lipinski definition) is 6. The first-order valence-corrected chi connectivity index (χ1v) is 8.48. The van der Waals surface area contributed by atoms with Gasteiger partial charge in [0.1, 0.15) is 0 Å². The van der Waals surface area contributed by atoms with Crippen LogP contribution in [0, 0.1) is 0 Å². The highest BCUT2D eigenvalue weighted by Gasteiger charge is 2.19. The van der Waals surface area contributed by atoms with Gasteiger partial charge in [0.15, 0.2) is 11.5 Å². The molecule has 25 heavy (non-hydrogen) atoms. The van der Waals surface area contributed by atoms with Gasteiger partial charge >= 0.3 is 0 Å². The van der Waals surface area contributed by atoms with E-state index in [0.29, 0.717) is 11.5 Å². The molecule has 0 radical (unpaired) electrons. The number of rotatable bonds is 6. The molecule has 1 aliphatic heterocycles. The standard InChI is InChI=1S/C19H25N3O3/c1-24-17-11-15(12-18(25-2)19(17)23)13-21-7-9-22(10-8-21)14-16-5-3-4-6-20-16/h3-6,11-12,23H,7-10,13-14H2,1-2H3. The summed E-state index contributed by atoms with van der Waals surface area (Å²) in [6.45, 7) is 5.74. The first-order valence-electron chi connectivity index (χ1n) is 8.48. The van der Waals surface area contributed by atoms with Crippen LogP contribution in [0.3, 0.4) is 0 Å². The molecule has 1 fully saturated rings. The first kappa shape index (κ1) is 17.5. The van der Waals surface area contributed by atoms with Crippen molar-refractivity contribution in [1.82, 2.24) is 14.8 Å². The third kappa shape index (κ3) is 4.41. The van der Waals surface area contributed by atoms with Crippen LogP contribution >= 0.6 is 0 Å². The fraction of sp³-hybridized carbons (Fsp3) is 0.421. The summed E-state index contributed by atoms with van der Waals surface area (Å²) >= 11 is 0. The summed E-state index contributed by atoms with van der Waals surface area (Å²) in [6.07, 6.45) is 1.84. The second-order valence-electron chi connectivity index (χ2n) is 6.22. The molecule has 3 rings (SSSR count). The van der Waals surface area contributed by atoms with E-state index < -0.39 is 0 Å². The van der Waals surface area contributed by atoms with Gasteiger partial charge in [-0.1, -0.05) is 6.07 Å². The summed E-state index contributed by atoms with van der Waals surface area (Å²) in [6, 6.07) is 9.80. The zero-order valence-corrected chi connectivity index (χ0v) is 14.8. The van der Waals surface area contributed by atoms with E-state index in [0.717, 1.165) is 50.5 Å². The van der Waals surface area contributed by atoms with Crippen molar-refractivity contribution >= 4 is 0 Å². The van der Waals surface area contributed by atoms with Crippen molar-refractivity contribution < 1.29 is 14.6 Å². The maximum Gasteiger partial charge on any atom is 0.200 e. The molecule has 0 saturated carbocycles. The van der Waals surface area contributed by atoms with Gasteiger partial charge in [0.2, 0.25) is 5.75 Å². The van der Waals surface area contributed by atoms with Crippen LogP contribution in [0.2, 0.25) is 0 Å². The molecule has 0 aliphatic carbocycles. The van der Waals surface area contributed by atoms with Crippen LogP contribution in [0.5, 0.6) is 17.2 Å². The smallest absolute Gasteiger partial charge is 0.200 e. The van der Waals surface area contributed by atoms with Crippen molar-refractivity contribution in [2.45, 2.75) is 13.1 Å². The van der Waals surface area contributed by atoms with Gasteiger partial charge in [-0.3, -0.25) is 14.8 Å². The molecule has 1 aromatic heterocycles. The third-order valence-electron chi connectivity index (χ3n) is 4.52. The number of methoxy groups -OCH3 is 2. The van der Waals surface area contributed by atoms with Crippen molar-refractivity contribution in [3.05, 3.63) is 47.8 Å². The molecule has 2 aromatic rings. The van der Waals surface area contributed by atoms with Crippen LogP contribution in [-0.2, 0) is 13.1 Å². The van der Waals surface area contributed by atoms with E-state index in [1.807, 2.05) is 30.5 Å². The van der Waals surface area contributed by atoms with Crippen LogP contribution in [0.25, 0.3) is 0 Å². The Balaban J connectivity index is 1.57. The molecular weight excluding hydrogens is 318 g/mol. The fourth-order valence-electron chi connectivity index (χ4n) is 3.12. The van der Waals surface area contributed by atoms with Crippen molar-refractivity contribution in [1.29, 1.82) is 0 Å². The Morgan fingerprint density at radius 3 is 2.08 bits per heavy atom. The number of aromatic hydroxyl groups is 1. The summed E-state index contributed by atoms with van der Waals surface area (Å²) in [5, 5.41) is 10.0. The van der Waals surface area contributed by atoms with Crippen LogP contribution in [0.15, 0.2) is 36.5 Å². The molecule has 6 heteroatoms. The largest absolute Gasteiger partial charge is 0.502 e. The number of phenolic OH excluding ortho intramolecular Hbond substituents is 1. The molecule has 0 atom stereocenters. The number of ether oxygens (including phenoxy) is 2. The Labute approximate surface area is 148 Å². The number of piperazine rings is 1. The van der Waals surface area contributed by atoms with Gasteiger partial charge in [-0.25, -0.2) is 0 Å². The Hall–Kier alpha value is -2.31. The van der Waals surface area contributed by atoms with Crippen LogP contribution < -0.4 is 9.47 Å². The lowest BCUT2D eigenvalue weighted by Crippen LogP contribution is -2.45. The van der Waals surface area contributed by atoms with E-state index in [9.17, 15) is 5.11 Å². The minimum Gasteiger partial charge on any atom is -0.502 e. The van der Waals surface area contributed by atoms with Crippen molar-refractivity contribution in [2.24, 2.45) is 0 Å². The molecule has 1 saturated heterocycles. The van der Waals surface area contributed by atoms with Crippen LogP contribution in [0.4, 0.5) is 0 Å². The average molecular weight is 343 g/mol. The van der Waals surface area contributed by atoms with E-state index in [-0.39, 0.29) is 5.75 Å². The zero-order chi connectivity index (χ0) is 17.6. The number of benzene rings is 1. The molecule has 134 valence electrons. The fourth-order valence-corrected chi connectivity index (χ4v) is 3.12. The number of hydrogen-bond donors (Lipinski definition) is 1. The highest BCUT2D eigenvalue weighted by atomic mass is 16.5. The summed E-state index contributed by atoms with van der Waals surface area (Å²) in [7, 11) is 3.10. The topological polar surface area (TPSA) is 58.1 Å². The van der Waals surface area contributed by atoms with Crippen LogP contribution in [0.1, 0.15) is 11.3 Å². The highest BCUT2D eigenvalue weighted by molar-refractivity contribution is 5.52. The molecule has 2 heterocycles. The maximum absolute atomic E-state index is 10.0. The summed E-state index contributed by atoms with van der Waals surface area (Å²) < 4.78 is 10.5. The SMILES string of the molecule is COc1cc(CN2CCN(Cc3ccccn3)CC2)cc(OC)c1O. The van der Waals surface area contributed by atoms with E-state index in [1.165, 1.54) is 0 Å². The highest BCUT2D eigenvalue weighted by Crippen LogP contribution is 2.37. The van der Waals surface area contributed by atoms with Gasteiger partial charge < -0.3 is 14.6 Å². The molecule has 1 N–H and O–H groups in total. The number of aromatic nitrogens is 1. The number of phenols is 1. The molecular formula is C19H25N3O3. The second-order valence-corrected chi connectivity index (χ2v) is 6.22. The molecule has 0 amide bonds. The van der Waals surface area contributed by atoms with Crippen LogP contribution in [-0.4, -0.2) is 60.3 Å². The Kier molecular flexibility index (Phi) is 5.73. The summed E-state index contributed by atoms with van der Waals surface area (Å²) in [5.74, 6) is 0.945. The lowest BCUT2D eigenvalue weighted by molar-refractivity contribution is 0.121. The normalized spacial score (nSPS) is 15.9. The van der Waals surface area contributed by atoms with E-state index in [1.54, 1.807) is 14.2 Å². The van der Waals surface area contributed by atoms with Gasteiger partial charge in [-0.2, -0.15) is 0 Å². The minimum absolute atomic E-state index is 0.0499. The van der Waals surface area contributed by atoms with Crippen molar-refractivity contribution in [3.8, 4) is 17.2 Å². The quantitative estimate of drug-likeness (QED) is 0.867. The van der Waals surface area contributed by atoms with Gasteiger partial charge in [-0.05, 0) is 29.8 Å². The minimum atomic E-state index is 0.0499. The Morgan fingerprint density at radius 2 is 1.56 bits per heavy atom. The summed E-state index contributed by atoms with van der Waals surface area (Å²) in [5.41, 5.74) is 2.19. The average Bonchev–Trinajstić information content (AvgIpc) is 2.65. The van der Waals surface area contributed by atoms with E-state index in [2.05, 4.69) is 20.9 Å².